The molecule has 0 fully saturated rings. The number of nitrogens with one attached hydrogen (secondary N) is 1. The maximum atomic E-state index is 12.9. The minimum absolute atomic E-state index is 0.177. The number of amides is 1. The fourth-order valence-corrected chi connectivity index (χ4v) is 4.00. The van der Waals surface area contributed by atoms with Gasteiger partial charge in [-0.2, -0.15) is 17.5 Å². The van der Waals surface area contributed by atoms with E-state index in [2.05, 4.69) is 11.9 Å². The van der Waals surface area contributed by atoms with Gasteiger partial charge in [-0.05, 0) is 42.3 Å². The third-order valence-electron chi connectivity index (χ3n) is 4.10. The molecule has 1 amide bonds. The Morgan fingerprint density at radius 3 is 2.40 bits per heavy atom. The van der Waals surface area contributed by atoms with E-state index < -0.39 is 39.1 Å². The van der Waals surface area contributed by atoms with Crippen LogP contribution in [0.3, 0.4) is 0 Å². The largest absolute Gasteiger partial charge is 0.416 e. The Morgan fingerprint density at radius 1 is 1.13 bits per heavy atom. The molecule has 162 valence electrons. The second-order valence-electron chi connectivity index (χ2n) is 6.34. The molecule has 0 radical (unpaired) electrons. The van der Waals surface area contributed by atoms with Gasteiger partial charge in [0.25, 0.3) is 0 Å². The van der Waals surface area contributed by atoms with Crippen molar-refractivity contribution in [1.82, 2.24) is 9.62 Å². The van der Waals surface area contributed by atoms with E-state index >= 15 is 0 Å². The van der Waals surface area contributed by atoms with Gasteiger partial charge in [0.05, 0.1) is 17.0 Å². The number of rotatable bonds is 9. The molecule has 0 unspecified atom stereocenters. The van der Waals surface area contributed by atoms with Gasteiger partial charge in [0.1, 0.15) is 5.82 Å². The van der Waals surface area contributed by atoms with Crippen molar-refractivity contribution in [2.24, 2.45) is 0 Å². The summed E-state index contributed by atoms with van der Waals surface area (Å²) in [5.41, 5.74) is -0.331. The van der Waals surface area contributed by atoms with Crippen molar-refractivity contribution in [3.63, 3.8) is 0 Å². The van der Waals surface area contributed by atoms with Gasteiger partial charge >= 0.3 is 6.18 Å². The highest BCUT2D eigenvalue weighted by Gasteiger charge is 2.33. The molecular formula is C20H20F4N2O3S. The highest BCUT2D eigenvalue weighted by atomic mass is 32.2. The Hall–Kier alpha value is -2.72. The minimum Gasteiger partial charge on any atom is -0.355 e. The summed E-state index contributed by atoms with van der Waals surface area (Å²) in [7, 11) is -4.36. The van der Waals surface area contributed by atoms with Crippen LogP contribution in [-0.4, -0.2) is 38.3 Å². The third kappa shape index (κ3) is 6.39. The molecule has 0 aliphatic heterocycles. The van der Waals surface area contributed by atoms with E-state index in [0.717, 1.165) is 28.1 Å². The lowest BCUT2D eigenvalue weighted by Gasteiger charge is -2.21. The predicted octanol–water partition coefficient (Wildman–Crippen LogP) is 3.38. The van der Waals surface area contributed by atoms with Gasteiger partial charge < -0.3 is 5.32 Å². The van der Waals surface area contributed by atoms with Crippen LogP contribution < -0.4 is 5.32 Å². The van der Waals surface area contributed by atoms with Crippen molar-refractivity contribution in [3.8, 4) is 0 Å². The molecule has 1 N–H and O–H groups in total. The fraction of sp³-hybridized carbons (Fsp3) is 0.250. The summed E-state index contributed by atoms with van der Waals surface area (Å²) in [4.78, 5) is 11.6. The predicted molar refractivity (Wildman–Crippen MR) is 104 cm³/mol. The smallest absolute Gasteiger partial charge is 0.355 e. The summed E-state index contributed by atoms with van der Waals surface area (Å²) in [6.07, 6.45) is -3.07. The minimum atomic E-state index is -4.70. The summed E-state index contributed by atoms with van der Waals surface area (Å²) < 4.78 is 77.9. The SMILES string of the molecule is C=CCN(CC(=O)NCCc1ccc(F)cc1)S(=O)(=O)c1cccc(C(F)(F)F)c1. The third-order valence-corrected chi connectivity index (χ3v) is 5.91. The molecule has 0 aliphatic rings. The second kappa shape index (κ2) is 9.86. The van der Waals surface area contributed by atoms with Crippen LogP contribution in [0.4, 0.5) is 17.6 Å². The number of carbonyl (C=O) groups is 1. The van der Waals surface area contributed by atoms with Crippen molar-refractivity contribution >= 4 is 15.9 Å². The number of carbonyl (C=O) groups excluding carboxylic acids is 1. The number of nitrogens with zero attached hydrogens (tertiary/aromatic N) is 1. The maximum Gasteiger partial charge on any atom is 0.416 e. The first-order valence-corrected chi connectivity index (χ1v) is 10.3. The standard InChI is InChI=1S/C20H20F4N2O3S/c1-2-12-26(14-19(27)25-11-10-15-6-8-17(21)9-7-15)30(28,29)18-5-3-4-16(13-18)20(22,23)24/h2-9,13H,1,10-12,14H2,(H,25,27). The molecule has 0 saturated carbocycles. The zero-order valence-electron chi connectivity index (χ0n) is 15.8. The van der Waals surface area contributed by atoms with Gasteiger partial charge in [0, 0.05) is 13.1 Å². The molecule has 0 bridgehead atoms. The molecule has 0 aromatic heterocycles. The van der Waals surface area contributed by atoms with Gasteiger partial charge in [-0.3, -0.25) is 4.79 Å². The Bertz CT molecular complexity index is 990. The summed E-state index contributed by atoms with van der Waals surface area (Å²) >= 11 is 0. The molecule has 0 atom stereocenters. The summed E-state index contributed by atoms with van der Waals surface area (Å²) in [5, 5.41) is 2.54. The Balaban J connectivity index is 2.07. The molecule has 10 heteroatoms. The van der Waals surface area contributed by atoms with Crippen LogP contribution in [0.2, 0.25) is 0 Å². The zero-order chi connectivity index (χ0) is 22.4. The van der Waals surface area contributed by atoms with Crippen molar-refractivity contribution in [3.05, 3.63) is 78.1 Å². The lowest BCUT2D eigenvalue weighted by atomic mass is 10.1. The molecule has 2 aromatic carbocycles. The van der Waals surface area contributed by atoms with Gasteiger partial charge in [-0.1, -0.05) is 24.3 Å². The van der Waals surface area contributed by atoms with E-state index in [1.165, 1.54) is 18.2 Å². The van der Waals surface area contributed by atoms with Crippen LogP contribution in [0.1, 0.15) is 11.1 Å². The monoisotopic (exact) mass is 444 g/mol. The lowest BCUT2D eigenvalue weighted by Crippen LogP contribution is -2.41. The molecule has 0 spiro atoms. The molecule has 5 nitrogen and oxygen atoms in total. The number of sulfonamides is 1. The van der Waals surface area contributed by atoms with Crippen LogP contribution in [-0.2, 0) is 27.4 Å². The van der Waals surface area contributed by atoms with Crippen LogP contribution >= 0.6 is 0 Å². The Labute approximate surface area is 172 Å². The van der Waals surface area contributed by atoms with E-state index in [9.17, 15) is 30.8 Å². The molecular weight excluding hydrogens is 424 g/mol. The summed E-state index contributed by atoms with van der Waals surface area (Å²) in [6.45, 7) is 2.76. The first kappa shape index (κ1) is 23.6. The van der Waals surface area contributed by atoms with Crippen LogP contribution in [0.25, 0.3) is 0 Å². The number of halogens is 4. The topological polar surface area (TPSA) is 66.5 Å². The van der Waals surface area contributed by atoms with E-state index in [0.29, 0.717) is 12.5 Å². The molecule has 30 heavy (non-hydrogen) atoms. The fourth-order valence-electron chi connectivity index (χ4n) is 2.59. The average molecular weight is 444 g/mol. The van der Waals surface area contributed by atoms with E-state index in [1.54, 1.807) is 12.1 Å². The molecule has 2 aromatic rings. The van der Waals surface area contributed by atoms with Gasteiger partial charge in [-0.25, -0.2) is 12.8 Å². The number of alkyl halides is 3. The number of benzene rings is 2. The van der Waals surface area contributed by atoms with Gasteiger partial charge in [-0.15, -0.1) is 6.58 Å². The zero-order valence-corrected chi connectivity index (χ0v) is 16.6. The van der Waals surface area contributed by atoms with Gasteiger partial charge in [0.2, 0.25) is 15.9 Å². The van der Waals surface area contributed by atoms with E-state index in [-0.39, 0.29) is 18.9 Å². The lowest BCUT2D eigenvalue weighted by molar-refractivity contribution is -0.137. The van der Waals surface area contributed by atoms with Gasteiger partial charge in [0.15, 0.2) is 0 Å². The van der Waals surface area contributed by atoms with E-state index in [4.69, 9.17) is 0 Å². The molecule has 0 aliphatic carbocycles. The quantitative estimate of drug-likeness (QED) is 0.476. The van der Waals surface area contributed by atoms with Crippen LogP contribution in [0.5, 0.6) is 0 Å². The first-order valence-electron chi connectivity index (χ1n) is 8.83. The normalized spacial score (nSPS) is 12.0. The Kier molecular flexibility index (Phi) is 7.74. The molecule has 0 saturated heterocycles. The molecule has 0 heterocycles. The van der Waals surface area contributed by atoms with Crippen LogP contribution in [0, 0.1) is 5.82 Å². The van der Waals surface area contributed by atoms with Crippen LogP contribution in [0.15, 0.2) is 66.1 Å². The second-order valence-corrected chi connectivity index (χ2v) is 8.28. The number of hydrogen-bond acceptors (Lipinski definition) is 3. The Morgan fingerprint density at radius 2 is 1.80 bits per heavy atom. The highest BCUT2D eigenvalue weighted by molar-refractivity contribution is 7.89. The summed E-state index contributed by atoms with van der Waals surface area (Å²) in [5.74, 6) is -1.02. The van der Waals surface area contributed by atoms with Crippen molar-refractivity contribution in [2.45, 2.75) is 17.5 Å². The van der Waals surface area contributed by atoms with E-state index in [1.807, 2.05) is 0 Å². The highest BCUT2D eigenvalue weighted by Crippen LogP contribution is 2.31. The average Bonchev–Trinajstić information content (AvgIpc) is 2.68. The molecule has 2 rings (SSSR count). The maximum absolute atomic E-state index is 12.9. The van der Waals surface area contributed by atoms with Crippen molar-refractivity contribution in [2.75, 3.05) is 19.6 Å². The number of hydrogen-bond donors (Lipinski definition) is 1. The first-order chi connectivity index (χ1) is 14.0. The van der Waals surface area contributed by atoms with Crippen molar-refractivity contribution in [1.29, 1.82) is 0 Å². The summed E-state index contributed by atoms with van der Waals surface area (Å²) in [6, 6.07) is 9.00. The van der Waals surface area contributed by atoms with Crippen molar-refractivity contribution < 1.29 is 30.8 Å².